The molecule has 4 bridgehead atoms. The Hall–Kier alpha value is -0.570. The Bertz CT molecular complexity index is 340. The molecule has 0 spiro atoms. The quantitative estimate of drug-likeness (QED) is 0.798. The second-order valence-corrected chi connectivity index (χ2v) is 7.54. The number of carbonyl (C=O) groups is 1. The highest BCUT2D eigenvalue weighted by atomic mass is 16.1. The van der Waals surface area contributed by atoms with Gasteiger partial charge in [-0.05, 0) is 68.1 Å². The van der Waals surface area contributed by atoms with E-state index in [1.165, 1.54) is 38.5 Å². The lowest BCUT2D eigenvalue weighted by Crippen LogP contribution is -2.48. The highest BCUT2D eigenvalue weighted by molar-refractivity contribution is 5.76. The molecule has 19 heavy (non-hydrogen) atoms. The largest absolute Gasteiger partial charge is 0.354 e. The van der Waals surface area contributed by atoms with E-state index < -0.39 is 0 Å². The third kappa shape index (κ3) is 2.31. The van der Waals surface area contributed by atoms with Crippen LogP contribution in [0.3, 0.4) is 0 Å². The van der Waals surface area contributed by atoms with Crippen LogP contribution in [0.2, 0.25) is 0 Å². The van der Waals surface area contributed by atoms with Gasteiger partial charge in [-0.15, -0.1) is 0 Å². The van der Waals surface area contributed by atoms with E-state index >= 15 is 0 Å². The van der Waals surface area contributed by atoms with Crippen molar-refractivity contribution in [1.29, 1.82) is 0 Å². The summed E-state index contributed by atoms with van der Waals surface area (Å²) in [7, 11) is 0. The molecule has 4 saturated carbocycles. The zero-order chi connectivity index (χ0) is 12.8. The number of amides is 1. The van der Waals surface area contributed by atoms with Crippen molar-refractivity contribution in [3.8, 4) is 0 Å². The predicted octanol–water partition coefficient (Wildman–Crippen LogP) is 1.93. The monoisotopic (exact) mass is 262 g/mol. The maximum Gasteiger partial charge on any atom is 0.221 e. The molecular formula is C16H26N2O. The van der Waals surface area contributed by atoms with Gasteiger partial charge in [-0.2, -0.15) is 0 Å². The molecule has 106 valence electrons. The first-order valence-electron chi connectivity index (χ1n) is 8.28. The third-order valence-electron chi connectivity index (χ3n) is 6.31. The Balaban J connectivity index is 1.41. The van der Waals surface area contributed by atoms with Gasteiger partial charge >= 0.3 is 0 Å². The number of nitrogens with one attached hydrogen (secondary N) is 2. The van der Waals surface area contributed by atoms with Crippen LogP contribution in [-0.2, 0) is 4.79 Å². The van der Waals surface area contributed by atoms with Gasteiger partial charge in [-0.1, -0.05) is 0 Å². The summed E-state index contributed by atoms with van der Waals surface area (Å²) in [5.74, 6) is 5.33. The molecule has 5 rings (SSSR count). The maximum absolute atomic E-state index is 11.4. The van der Waals surface area contributed by atoms with Crippen molar-refractivity contribution in [2.45, 2.75) is 51.0 Å². The smallest absolute Gasteiger partial charge is 0.221 e. The lowest BCUT2D eigenvalue weighted by Gasteiger charge is -2.55. The van der Waals surface area contributed by atoms with Crippen molar-refractivity contribution >= 4 is 5.91 Å². The summed E-state index contributed by atoms with van der Waals surface area (Å²) >= 11 is 0. The summed E-state index contributed by atoms with van der Waals surface area (Å²) in [5, 5.41) is 6.65. The molecule has 0 aromatic rings. The number of carbonyl (C=O) groups excluding carboxylic acids is 1. The molecule has 3 heteroatoms. The zero-order valence-corrected chi connectivity index (χ0v) is 11.7. The average Bonchev–Trinajstić information content (AvgIpc) is 2.58. The van der Waals surface area contributed by atoms with E-state index in [1.54, 1.807) is 0 Å². The molecule has 0 aromatic carbocycles. The molecule has 1 saturated heterocycles. The number of hydrogen-bond donors (Lipinski definition) is 2. The average molecular weight is 262 g/mol. The minimum atomic E-state index is 0.222. The van der Waals surface area contributed by atoms with Gasteiger partial charge in [0.25, 0.3) is 0 Å². The first-order valence-corrected chi connectivity index (χ1v) is 8.28. The second-order valence-electron chi connectivity index (χ2n) is 7.54. The van der Waals surface area contributed by atoms with Gasteiger partial charge in [0.2, 0.25) is 5.91 Å². The highest BCUT2D eigenvalue weighted by Gasteiger charge is 2.48. The van der Waals surface area contributed by atoms with Crippen molar-refractivity contribution in [2.75, 3.05) is 13.1 Å². The lowest BCUT2D eigenvalue weighted by atomic mass is 9.51. The van der Waals surface area contributed by atoms with Crippen LogP contribution in [0.1, 0.15) is 44.9 Å². The fourth-order valence-corrected chi connectivity index (χ4v) is 5.71. The van der Waals surface area contributed by atoms with E-state index in [0.29, 0.717) is 12.5 Å². The van der Waals surface area contributed by atoms with Gasteiger partial charge in [0.1, 0.15) is 0 Å². The van der Waals surface area contributed by atoms with Crippen molar-refractivity contribution in [2.24, 2.45) is 29.6 Å². The summed E-state index contributed by atoms with van der Waals surface area (Å²) in [6.45, 7) is 1.71. The van der Waals surface area contributed by atoms with Gasteiger partial charge in [0, 0.05) is 25.6 Å². The molecule has 1 unspecified atom stereocenters. The summed E-state index contributed by atoms with van der Waals surface area (Å²) in [5.41, 5.74) is 0. The summed E-state index contributed by atoms with van der Waals surface area (Å²) in [6, 6.07) is 0.522. The van der Waals surface area contributed by atoms with Gasteiger partial charge in [0.05, 0.1) is 0 Å². The van der Waals surface area contributed by atoms with Crippen molar-refractivity contribution < 1.29 is 4.79 Å². The van der Waals surface area contributed by atoms with E-state index in [2.05, 4.69) is 10.6 Å². The molecule has 0 aromatic heterocycles. The Morgan fingerprint density at radius 2 is 1.68 bits per heavy atom. The lowest BCUT2D eigenvalue weighted by molar-refractivity contribution is -0.120. The van der Waals surface area contributed by atoms with E-state index in [9.17, 15) is 4.79 Å². The molecule has 1 heterocycles. The van der Waals surface area contributed by atoms with Crippen LogP contribution in [0.5, 0.6) is 0 Å². The SMILES string of the molecule is O=C1CCNC(CC2C3CC4CC(C3)CC2C4)CN1. The fourth-order valence-electron chi connectivity index (χ4n) is 5.71. The molecule has 4 aliphatic carbocycles. The third-order valence-corrected chi connectivity index (χ3v) is 6.31. The Morgan fingerprint density at radius 1 is 1.00 bits per heavy atom. The van der Waals surface area contributed by atoms with E-state index in [0.717, 1.165) is 42.7 Å². The Morgan fingerprint density at radius 3 is 2.37 bits per heavy atom. The predicted molar refractivity (Wildman–Crippen MR) is 74.6 cm³/mol. The zero-order valence-electron chi connectivity index (χ0n) is 11.7. The first kappa shape index (κ1) is 12.2. The van der Waals surface area contributed by atoms with Crippen LogP contribution >= 0.6 is 0 Å². The molecule has 0 radical (unpaired) electrons. The molecule has 5 fully saturated rings. The van der Waals surface area contributed by atoms with Crippen LogP contribution in [-0.4, -0.2) is 25.0 Å². The van der Waals surface area contributed by atoms with Crippen LogP contribution in [0.4, 0.5) is 0 Å². The second kappa shape index (κ2) is 4.76. The number of hydrogen-bond acceptors (Lipinski definition) is 2. The van der Waals surface area contributed by atoms with Crippen molar-refractivity contribution in [3.63, 3.8) is 0 Å². The van der Waals surface area contributed by atoms with Crippen molar-refractivity contribution in [1.82, 2.24) is 10.6 Å². The minimum Gasteiger partial charge on any atom is -0.354 e. The fraction of sp³-hybridized carbons (Fsp3) is 0.938. The molecule has 1 amide bonds. The molecule has 1 aliphatic heterocycles. The van der Waals surface area contributed by atoms with E-state index in [1.807, 2.05) is 0 Å². The van der Waals surface area contributed by atoms with Gasteiger partial charge in [-0.25, -0.2) is 0 Å². The van der Waals surface area contributed by atoms with Gasteiger partial charge in [-0.3, -0.25) is 4.79 Å². The Kier molecular flexibility index (Phi) is 3.06. The summed E-state index contributed by atoms with van der Waals surface area (Å²) in [4.78, 5) is 11.4. The van der Waals surface area contributed by atoms with Crippen LogP contribution in [0.25, 0.3) is 0 Å². The first-order chi connectivity index (χ1) is 9.28. The summed E-state index contributed by atoms with van der Waals surface area (Å²) in [6.07, 6.45) is 9.53. The molecule has 3 nitrogen and oxygen atoms in total. The number of rotatable bonds is 2. The maximum atomic E-state index is 11.4. The standard InChI is InChI=1S/C16H26N2O/c19-16-1-2-17-14(9-18-16)8-15-12-4-10-3-11(6-12)7-13(15)5-10/h10-15,17H,1-9H2,(H,18,19). The normalized spacial score (nSPS) is 48.9. The van der Waals surface area contributed by atoms with Crippen LogP contribution in [0, 0.1) is 29.6 Å². The molecule has 2 N–H and O–H groups in total. The molecule has 1 atom stereocenters. The molecular weight excluding hydrogens is 236 g/mol. The Labute approximate surface area is 115 Å². The van der Waals surface area contributed by atoms with Crippen LogP contribution < -0.4 is 10.6 Å². The van der Waals surface area contributed by atoms with E-state index in [-0.39, 0.29) is 5.91 Å². The van der Waals surface area contributed by atoms with E-state index in [4.69, 9.17) is 0 Å². The topological polar surface area (TPSA) is 41.1 Å². The van der Waals surface area contributed by atoms with Gasteiger partial charge < -0.3 is 10.6 Å². The highest BCUT2D eigenvalue weighted by Crippen LogP contribution is 2.57. The summed E-state index contributed by atoms with van der Waals surface area (Å²) < 4.78 is 0. The minimum absolute atomic E-state index is 0.222. The van der Waals surface area contributed by atoms with Crippen molar-refractivity contribution in [3.05, 3.63) is 0 Å². The van der Waals surface area contributed by atoms with Gasteiger partial charge in [0.15, 0.2) is 0 Å². The molecule has 5 aliphatic rings. The van der Waals surface area contributed by atoms with Crippen LogP contribution in [0.15, 0.2) is 0 Å².